The lowest BCUT2D eigenvalue weighted by atomic mass is 9.95. The van der Waals surface area contributed by atoms with Gasteiger partial charge in [0, 0.05) is 5.56 Å². The van der Waals surface area contributed by atoms with E-state index in [-0.39, 0.29) is 11.8 Å². The van der Waals surface area contributed by atoms with Gasteiger partial charge >= 0.3 is 0 Å². The van der Waals surface area contributed by atoms with Gasteiger partial charge in [-0.3, -0.25) is 4.79 Å². The third-order valence-electron chi connectivity index (χ3n) is 2.57. The molecule has 0 aromatic heterocycles. The summed E-state index contributed by atoms with van der Waals surface area (Å²) in [6.45, 7) is 8.15. The zero-order valence-corrected chi connectivity index (χ0v) is 10.6. The highest BCUT2D eigenvalue weighted by atomic mass is 16.1. The third kappa shape index (κ3) is 3.46. The largest absolute Gasteiger partial charge is 0.321 e. The van der Waals surface area contributed by atoms with Crippen molar-refractivity contribution in [2.45, 2.75) is 40.2 Å². The van der Waals surface area contributed by atoms with Gasteiger partial charge in [-0.05, 0) is 38.3 Å². The summed E-state index contributed by atoms with van der Waals surface area (Å²) >= 11 is 0. The monoisotopic (exact) mass is 219 g/mol. The number of carbonyl (C=O) groups is 1. The van der Waals surface area contributed by atoms with Crippen molar-refractivity contribution in [3.63, 3.8) is 0 Å². The Morgan fingerprint density at radius 2 is 1.69 bits per heavy atom. The Morgan fingerprint density at radius 1 is 1.19 bits per heavy atom. The van der Waals surface area contributed by atoms with Crippen LogP contribution in [0, 0.1) is 19.8 Å². The number of hydrogen-bond donors (Lipinski definition) is 1. The van der Waals surface area contributed by atoms with Crippen molar-refractivity contribution in [1.29, 1.82) is 0 Å². The van der Waals surface area contributed by atoms with Gasteiger partial charge in [-0.1, -0.05) is 31.0 Å². The fourth-order valence-corrected chi connectivity index (χ4v) is 1.95. The molecule has 1 unspecified atom stereocenters. The van der Waals surface area contributed by atoms with E-state index in [1.54, 1.807) is 0 Å². The number of rotatable bonds is 4. The molecule has 2 heteroatoms. The molecule has 0 heterocycles. The van der Waals surface area contributed by atoms with Gasteiger partial charge in [-0.2, -0.15) is 0 Å². The summed E-state index contributed by atoms with van der Waals surface area (Å²) in [5.74, 6) is 0.505. The molecule has 0 fully saturated rings. The van der Waals surface area contributed by atoms with E-state index in [1.165, 1.54) is 0 Å². The van der Waals surface area contributed by atoms with Gasteiger partial charge in [0.05, 0.1) is 6.04 Å². The van der Waals surface area contributed by atoms with Gasteiger partial charge in [0.1, 0.15) is 0 Å². The second-order valence-corrected chi connectivity index (χ2v) is 4.98. The van der Waals surface area contributed by atoms with Crippen molar-refractivity contribution in [3.8, 4) is 0 Å². The molecule has 1 aromatic carbocycles. The molecule has 1 rings (SSSR count). The van der Waals surface area contributed by atoms with Crippen molar-refractivity contribution >= 4 is 5.78 Å². The van der Waals surface area contributed by atoms with Crippen LogP contribution in [-0.2, 0) is 0 Å². The lowest BCUT2D eigenvalue weighted by Crippen LogP contribution is -2.32. The van der Waals surface area contributed by atoms with E-state index in [1.807, 2.05) is 26.0 Å². The van der Waals surface area contributed by atoms with Crippen LogP contribution in [0.25, 0.3) is 0 Å². The topological polar surface area (TPSA) is 43.1 Å². The third-order valence-corrected chi connectivity index (χ3v) is 2.57. The molecule has 0 spiro atoms. The minimum absolute atomic E-state index is 0.0560. The van der Waals surface area contributed by atoms with Crippen molar-refractivity contribution < 1.29 is 4.79 Å². The van der Waals surface area contributed by atoms with Crippen LogP contribution in [0.4, 0.5) is 0 Å². The number of carbonyl (C=O) groups excluding carboxylic acids is 1. The molecular formula is C14H21NO. The van der Waals surface area contributed by atoms with E-state index in [0.717, 1.165) is 23.1 Å². The predicted molar refractivity (Wildman–Crippen MR) is 67.7 cm³/mol. The Balaban J connectivity index is 2.87. The Labute approximate surface area is 97.9 Å². The first kappa shape index (κ1) is 12.9. The van der Waals surface area contributed by atoms with Gasteiger partial charge in [-0.25, -0.2) is 0 Å². The van der Waals surface area contributed by atoms with Crippen LogP contribution in [0.3, 0.4) is 0 Å². The maximum atomic E-state index is 12.1. The first-order chi connectivity index (χ1) is 7.40. The Bertz CT molecular complexity index is 362. The number of benzene rings is 1. The molecule has 0 saturated heterocycles. The number of nitrogens with two attached hydrogens (primary N) is 1. The van der Waals surface area contributed by atoms with Crippen molar-refractivity contribution in [3.05, 3.63) is 34.9 Å². The fraction of sp³-hybridized carbons (Fsp3) is 0.500. The molecule has 0 aliphatic heterocycles. The summed E-state index contributed by atoms with van der Waals surface area (Å²) in [7, 11) is 0. The average molecular weight is 219 g/mol. The molecule has 0 bridgehead atoms. The highest BCUT2D eigenvalue weighted by Crippen LogP contribution is 2.13. The number of Topliss-reactive ketones (excluding diaryl/α,β-unsaturated/α-hetero) is 1. The summed E-state index contributed by atoms with van der Waals surface area (Å²) in [5, 5.41) is 0. The fourth-order valence-electron chi connectivity index (χ4n) is 1.95. The van der Waals surface area contributed by atoms with Crippen molar-refractivity contribution in [2.75, 3.05) is 0 Å². The lowest BCUT2D eigenvalue weighted by Gasteiger charge is -2.13. The second-order valence-electron chi connectivity index (χ2n) is 4.98. The first-order valence-electron chi connectivity index (χ1n) is 5.78. The smallest absolute Gasteiger partial charge is 0.179 e. The summed E-state index contributed by atoms with van der Waals surface area (Å²) in [4.78, 5) is 12.1. The SMILES string of the molecule is Cc1cc(C)cc(C(=O)C(N)CC(C)C)c1. The first-order valence-corrected chi connectivity index (χ1v) is 5.78. The number of aryl methyl sites for hydroxylation is 2. The molecule has 2 nitrogen and oxygen atoms in total. The molecule has 0 saturated carbocycles. The summed E-state index contributed by atoms with van der Waals surface area (Å²) in [6, 6.07) is 5.51. The minimum atomic E-state index is -0.374. The highest BCUT2D eigenvalue weighted by molar-refractivity contribution is 6.00. The second kappa shape index (κ2) is 5.26. The minimum Gasteiger partial charge on any atom is -0.321 e. The van der Waals surface area contributed by atoms with Gasteiger partial charge in [0.2, 0.25) is 0 Å². The molecule has 1 atom stereocenters. The van der Waals surface area contributed by atoms with E-state index in [9.17, 15) is 4.79 Å². The van der Waals surface area contributed by atoms with Crippen LogP contribution >= 0.6 is 0 Å². The lowest BCUT2D eigenvalue weighted by molar-refractivity contribution is 0.0951. The molecule has 0 aliphatic rings. The molecular weight excluding hydrogens is 198 g/mol. The zero-order chi connectivity index (χ0) is 12.3. The highest BCUT2D eigenvalue weighted by Gasteiger charge is 2.17. The number of ketones is 1. The summed E-state index contributed by atoms with van der Waals surface area (Å²) in [5.41, 5.74) is 8.86. The van der Waals surface area contributed by atoms with E-state index in [4.69, 9.17) is 5.73 Å². The van der Waals surface area contributed by atoms with Gasteiger partial charge in [-0.15, -0.1) is 0 Å². The summed E-state index contributed by atoms with van der Waals surface area (Å²) < 4.78 is 0. The normalized spacial score (nSPS) is 12.9. The molecule has 0 amide bonds. The van der Waals surface area contributed by atoms with Crippen LogP contribution < -0.4 is 5.73 Å². The molecule has 2 N–H and O–H groups in total. The van der Waals surface area contributed by atoms with Crippen LogP contribution in [0.15, 0.2) is 18.2 Å². The van der Waals surface area contributed by atoms with Crippen LogP contribution in [0.2, 0.25) is 0 Å². The molecule has 0 radical (unpaired) electrons. The Kier molecular flexibility index (Phi) is 4.25. The maximum absolute atomic E-state index is 12.1. The van der Waals surface area contributed by atoms with Gasteiger partial charge in [0.15, 0.2) is 5.78 Å². The van der Waals surface area contributed by atoms with Gasteiger partial charge in [0.25, 0.3) is 0 Å². The molecule has 16 heavy (non-hydrogen) atoms. The molecule has 1 aromatic rings. The van der Waals surface area contributed by atoms with Crippen LogP contribution in [0.1, 0.15) is 41.8 Å². The van der Waals surface area contributed by atoms with E-state index in [2.05, 4.69) is 19.9 Å². The standard InChI is InChI=1S/C14H21NO/c1-9(2)5-13(15)14(16)12-7-10(3)6-11(4)8-12/h6-9,13H,5,15H2,1-4H3. The van der Waals surface area contributed by atoms with Gasteiger partial charge < -0.3 is 5.73 Å². The average Bonchev–Trinajstić information content (AvgIpc) is 2.13. The van der Waals surface area contributed by atoms with Crippen LogP contribution in [-0.4, -0.2) is 11.8 Å². The maximum Gasteiger partial charge on any atom is 0.179 e. The Morgan fingerprint density at radius 3 is 2.12 bits per heavy atom. The predicted octanol–water partition coefficient (Wildman–Crippen LogP) is 2.86. The van der Waals surface area contributed by atoms with Crippen molar-refractivity contribution in [1.82, 2.24) is 0 Å². The number of hydrogen-bond acceptors (Lipinski definition) is 2. The Hall–Kier alpha value is -1.15. The molecule has 88 valence electrons. The molecule has 0 aliphatic carbocycles. The van der Waals surface area contributed by atoms with E-state index >= 15 is 0 Å². The quantitative estimate of drug-likeness (QED) is 0.791. The van der Waals surface area contributed by atoms with Crippen LogP contribution in [0.5, 0.6) is 0 Å². The van der Waals surface area contributed by atoms with Crippen molar-refractivity contribution in [2.24, 2.45) is 11.7 Å². The zero-order valence-electron chi connectivity index (χ0n) is 10.6. The van der Waals surface area contributed by atoms with E-state index in [0.29, 0.717) is 5.92 Å². The summed E-state index contributed by atoms with van der Waals surface area (Å²) in [6.07, 6.45) is 0.742. The van der Waals surface area contributed by atoms with E-state index < -0.39 is 0 Å².